The van der Waals surface area contributed by atoms with Crippen molar-refractivity contribution in [3.63, 3.8) is 0 Å². The molecule has 1 amide bonds. The van der Waals surface area contributed by atoms with E-state index in [9.17, 15) is 24.8 Å². The summed E-state index contributed by atoms with van der Waals surface area (Å²) in [5, 5.41) is 36.6. The van der Waals surface area contributed by atoms with E-state index in [0.29, 0.717) is 46.5 Å². The Kier molecular flexibility index (Phi) is 9.48. The Morgan fingerprint density at radius 1 is 1.00 bits per heavy atom. The quantitative estimate of drug-likeness (QED) is 0.0979. The van der Waals surface area contributed by atoms with E-state index in [1.165, 1.54) is 16.8 Å². The van der Waals surface area contributed by atoms with Crippen LogP contribution in [0.4, 0.5) is 11.4 Å². The molecule has 1 fully saturated rings. The predicted molar refractivity (Wildman–Crippen MR) is 211 cm³/mol. The molecule has 5 atom stereocenters. The van der Waals surface area contributed by atoms with Gasteiger partial charge in [0, 0.05) is 47.3 Å². The van der Waals surface area contributed by atoms with E-state index in [4.69, 9.17) is 4.74 Å². The molecule has 2 aliphatic heterocycles. The van der Waals surface area contributed by atoms with Crippen LogP contribution in [-0.2, 0) is 28.2 Å². The SMILES string of the molecule is C[C@H]1[C@H]([Si](C)(C)O)[C@@H](CCn2cc(C(CO)c3ccccc3)nn2)O[C@]12C(=O)N(Cc1cccc(-n3ncc4ccccc4c3=O)c1)c1ccc([N+](=O)[O-])cc12. The van der Waals surface area contributed by atoms with E-state index in [1.807, 2.05) is 68.5 Å². The van der Waals surface area contributed by atoms with Gasteiger partial charge in [0.05, 0.1) is 58.7 Å². The number of amides is 1. The minimum atomic E-state index is -3.04. The number of aliphatic hydroxyl groups is 1. The highest BCUT2D eigenvalue weighted by molar-refractivity contribution is 6.71. The third kappa shape index (κ3) is 6.31. The Bertz CT molecular complexity index is 2520. The van der Waals surface area contributed by atoms with Gasteiger partial charge < -0.3 is 19.5 Å². The van der Waals surface area contributed by atoms with Crippen LogP contribution in [0.25, 0.3) is 16.5 Å². The van der Waals surface area contributed by atoms with Crippen molar-refractivity contribution in [3.05, 3.63) is 152 Å². The number of hydrogen-bond acceptors (Lipinski definition) is 10. The van der Waals surface area contributed by atoms with Gasteiger partial charge in [0.2, 0.25) is 0 Å². The number of ether oxygens (including phenoxy) is 1. The Labute approximate surface area is 322 Å². The van der Waals surface area contributed by atoms with Crippen molar-refractivity contribution in [3.8, 4) is 5.69 Å². The fourth-order valence-corrected chi connectivity index (χ4v) is 11.3. The number of aryl methyl sites for hydroxylation is 1. The summed E-state index contributed by atoms with van der Waals surface area (Å²) in [4.78, 5) is 53.4. The lowest BCUT2D eigenvalue weighted by atomic mass is 9.82. The summed E-state index contributed by atoms with van der Waals surface area (Å²) in [6.07, 6.45) is 3.20. The molecule has 1 saturated heterocycles. The zero-order valence-corrected chi connectivity index (χ0v) is 32.1. The van der Waals surface area contributed by atoms with Crippen molar-refractivity contribution in [2.75, 3.05) is 11.5 Å². The van der Waals surface area contributed by atoms with Gasteiger partial charge in [-0.3, -0.25) is 24.4 Å². The van der Waals surface area contributed by atoms with Crippen LogP contribution in [0, 0.1) is 16.0 Å². The molecule has 1 unspecified atom stereocenters. The molecule has 14 nitrogen and oxygen atoms in total. The minimum absolute atomic E-state index is 0.0854. The Balaban J connectivity index is 1.12. The second-order valence-electron chi connectivity index (χ2n) is 15.2. The Morgan fingerprint density at radius 2 is 1.77 bits per heavy atom. The first kappa shape index (κ1) is 37.1. The fraction of sp³-hybridized carbons (Fsp3) is 0.293. The maximum atomic E-state index is 15.0. The molecular weight excluding hydrogens is 731 g/mol. The van der Waals surface area contributed by atoms with Crippen LogP contribution in [0.1, 0.15) is 41.6 Å². The maximum absolute atomic E-state index is 15.0. The third-order valence-electron chi connectivity index (χ3n) is 11.3. The largest absolute Gasteiger partial charge is 0.432 e. The summed E-state index contributed by atoms with van der Waals surface area (Å²) in [6.45, 7) is 5.82. The average molecular weight is 772 g/mol. The molecule has 0 saturated carbocycles. The lowest BCUT2D eigenvalue weighted by Crippen LogP contribution is -2.46. The third-order valence-corrected chi connectivity index (χ3v) is 13.8. The van der Waals surface area contributed by atoms with E-state index < -0.39 is 36.4 Å². The fourth-order valence-electron chi connectivity index (χ4n) is 8.75. The number of nitrogens with zero attached hydrogens (tertiary/aromatic N) is 7. The zero-order chi connectivity index (χ0) is 39.4. The number of anilines is 1. The van der Waals surface area contributed by atoms with Crippen LogP contribution in [-0.4, -0.2) is 66.5 Å². The predicted octanol–water partition coefficient (Wildman–Crippen LogP) is 5.44. The van der Waals surface area contributed by atoms with Crippen LogP contribution < -0.4 is 10.5 Å². The molecule has 6 aromatic rings. The highest BCUT2D eigenvalue weighted by atomic mass is 28.4. The highest BCUT2D eigenvalue weighted by Crippen LogP contribution is 2.60. The number of fused-ring (bicyclic) bond motifs is 3. The van der Waals surface area contributed by atoms with Gasteiger partial charge in [-0.1, -0.05) is 72.8 Å². The van der Waals surface area contributed by atoms with Crippen molar-refractivity contribution in [2.45, 2.75) is 62.7 Å². The molecule has 2 N–H and O–H groups in total. The van der Waals surface area contributed by atoms with Gasteiger partial charge in [-0.15, -0.1) is 5.10 Å². The molecule has 15 heteroatoms. The first-order chi connectivity index (χ1) is 26.9. The molecule has 4 heterocycles. The van der Waals surface area contributed by atoms with Gasteiger partial charge in [-0.05, 0) is 54.9 Å². The number of non-ortho nitro benzene ring substituents is 1. The number of carbonyl (C=O) groups excluding carboxylic acids is 1. The molecule has 1 spiro atoms. The van der Waals surface area contributed by atoms with Gasteiger partial charge in [0.15, 0.2) is 13.9 Å². The van der Waals surface area contributed by atoms with Crippen LogP contribution in [0.15, 0.2) is 114 Å². The molecule has 56 heavy (non-hydrogen) atoms. The zero-order valence-electron chi connectivity index (χ0n) is 31.1. The number of aromatic nitrogens is 5. The number of aliphatic hydroxyl groups excluding tert-OH is 1. The number of benzene rings is 4. The van der Waals surface area contributed by atoms with E-state index in [2.05, 4.69) is 15.4 Å². The lowest BCUT2D eigenvalue weighted by molar-refractivity contribution is -0.385. The average Bonchev–Trinajstić information content (AvgIpc) is 3.85. The molecular formula is C41H41N7O7Si. The molecule has 2 aliphatic rings. The normalized spacial score (nSPS) is 21.2. The summed E-state index contributed by atoms with van der Waals surface area (Å²) in [5.41, 5.74) is 1.12. The van der Waals surface area contributed by atoms with E-state index >= 15 is 4.79 Å². The molecule has 286 valence electrons. The smallest absolute Gasteiger partial charge is 0.279 e. The monoisotopic (exact) mass is 771 g/mol. The lowest BCUT2D eigenvalue weighted by Gasteiger charge is -2.32. The second-order valence-corrected chi connectivity index (χ2v) is 19.1. The molecule has 0 bridgehead atoms. The van der Waals surface area contributed by atoms with Crippen LogP contribution in [0.3, 0.4) is 0 Å². The first-order valence-electron chi connectivity index (χ1n) is 18.5. The Hall–Kier alpha value is -5.87. The van der Waals surface area contributed by atoms with Crippen molar-refractivity contribution in [1.82, 2.24) is 24.8 Å². The second kappa shape index (κ2) is 14.3. The number of nitro benzene ring substituents is 1. The van der Waals surface area contributed by atoms with Crippen molar-refractivity contribution in [1.29, 1.82) is 0 Å². The minimum Gasteiger partial charge on any atom is -0.432 e. The summed E-state index contributed by atoms with van der Waals surface area (Å²) < 4.78 is 9.92. The molecule has 0 radical (unpaired) electrons. The topological polar surface area (TPSA) is 179 Å². The number of carbonyl (C=O) groups is 1. The van der Waals surface area contributed by atoms with Crippen LogP contribution in [0.5, 0.6) is 0 Å². The first-order valence-corrected chi connectivity index (χ1v) is 21.6. The molecule has 0 aliphatic carbocycles. The van der Waals surface area contributed by atoms with Crippen molar-refractivity contribution in [2.24, 2.45) is 5.92 Å². The van der Waals surface area contributed by atoms with Gasteiger partial charge in [-0.25, -0.2) is 0 Å². The summed E-state index contributed by atoms with van der Waals surface area (Å²) >= 11 is 0. The number of nitro groups is 1. The van der Waals surface area contributed by atoms with Gasteiger partial charge in [0.1, 0.15) is 0 Å². The van der Waals surface area contributed by atoms with Crippen LogP contribution in [0.2, 0.25) is 18.6 Å². The summed E-state index contributed by atoms with van der Waals surface area (Å²) in [5.74, 6) is -1.28. The van der Waals surface area contributed by atoms with Crippen LogP contribution >= 0.6 is 0 Å². The highest BCUT2D eigenvalue weighted by Gasteiger charge is 2.66. The maximum Gasteiger partial charge on any atom is 0.279 e. The summed E-state index contributed by atoms with van der Waals surface area (Å²) in [7, 11) is -3.04. The van der Waals surface area contributed by atoms with E-state index in [1.54, 1.807) is 58.4 Å². The molecule has 8 rings (SSSR count). The molecule has 2 aromatic heterocycles. The van der Waals surface area contributed by atoms with Crippen molar-refractivity contribution >= 4 is 36.4 Å². The van der Waals surface area contributed by atoms with Gasteiger partial charge in [0.25, 0.3) is 17.2 Å². The Morgan fingerprint density at radius 3 is 2.52 bits per heavy atom. The number of rotatable bonds is 11. The van der Waals surface area contributed by atoms with E-state index in [-0.39, 0.29) is 36.2 Å². The van der Waals surface area contributed by atoms with E-state index in [0.717, 1.165) is 10.9 Å². The van der Waals surface area contributed by atoms with Crippen molar-refractivity contribution < 1.29 is 24.4 Å². The standard InChI is InChI=1S/C41H41N7O7Si/c1-26-38(56(2,3)54)37(18-19-45-24-35(43-44-45)33(25-49)28-11-5-4-6-12-28)55-41(26)34-21-31(48(52)53)16-17-36(34)46(40(41)51)23-27-10-9-14-30(20-27)47-39(50)32-15-8-7-13-29(32)22-42-47/h4-17,20-22,24,26,33,37-38,49,54H,18-19,23,25H2,1-3H3/t26-,33?,37+,38-,41+/m0/s1. The van der Waals surface area contributed by atoms with Gasteiger partial charge >= 0.3 is 0 Å². The molecule has 4 aromatic carbocycles. The number of hydrogen-bond donors (Lipinski definition) is 2. The van der Waals surface area contributed by atoms with Gasteiger partial charge in [-0.2, -0.15) is 9.78 Å². The summed E-state index contributed by atoms with van der Waals surface area (Å²) in [6, 6.07) is 28.4.